The third kappa shape index (κ3) is 4.30. The summed E-state index contributed by atoms with van der Waals surface area (Å²) in [6.45, 7) is 3.76. The molecule has 1 N–H and O–H groups in total. The summed E-state index contributed by atoms with van der Waals surface area (Å²) in [5.41, 5.74) is 2.22. The van der Waals surface area contributed by atoms with E-state index in [9.17, 15) is 9.59 Å². The van der Waals surface area contributed by atoms with Gasteiger partial charge < -0.3 is 10.1 Å². The summed E-state index contributed by atoms with van der Waals surface area (Å²) >= 11 is 2.18. The van der Waals surface area contributed by atoms with Gasteiger partial charge in [0.15, 0.2) is 0 Å². The van der Waals surface area contributed by atoms with Crippen LogP contribution in [0, 0.1) is 10.5 Å². The molecule has 5 heteroatoms. The summed E-state index contributed by atoms with van der Waals surface area (Å²) in [5, 5.41) is 2.73. The summed E-state index contributed by atoms with van der Waals surface area (Å²) < 4.78 is 6.37. The molecule has 0 saturated heterocycles. The molecule has 22 heavy (non-hydrogen) atoms. The number of hydrogen-bond acceptors (Lipinski definition) is 3. The van der Waals surface area contributed by atoms with Crippen LogP contribution in [-0.2, 0) is 4.79 Å². The number of esters is 1. The second-order valence-corrected chi connectivity index (χ2v) is 5.95. The molecule has 0 aromatic heterocycles. The Labute approximate surface area is 143 Å². The minimum Gasteiger partial charge on any atom is -0.423 e. The number of ether oxygens (including phenoxy) is 1. The number of nitrogens with one attached hydrogen (secondary N) is 1. The van der Waals surface area contributed by atoms with Gasteiger partial charge in [0.2, 0.25) is 5.91 Å². The van der Waals surface area contributed by atoms with Gasteiger partial charge in [-0.2, -0.15) is 0 Å². The fourth-order valence-electron chi connectivity index (χ4n) is 1.77. The highest BCUT2D eigenvalue weighted by Crippen LogP contribution is 2.20. The number of carbonyl (C=O) groups excluding carboxylic acids is 2. The number of aryl methyl sites for hydroxylation is 1. The second-order valence-electron chi connectivity index (χ2n) is 4.78. The number of rotatable bonds is 4. The van der Waals surface area contributed by atoms with E-state index >= 15 is 0 Å². The van der Waals surface area contributed by atoms with Gasteiger partial charge in [-0.3, -0.25) is 4.79 Å². The van der Waals surface area contributed by atoms with Gasteiger partial charge >= 0.3 is 5.97 Å². The van der Waals surface area contributed by atoms with Crippen molar-refractivity contribution in [2.24, 2.45) is 0 Å². The third-order valence-corrected chi connectivity index (χ3v) is 4.22. The van der Waals surface area contributed by atoms with E-state index in [0.717, 1.165) is 9.13 Å². The first kappa shape index (κ1) is 16.5. The van der Waals surface area contributed by atoms with E-state index in [1.54, 1.807) is 43.3 Å². The summed E-state index contributed by atoms with van der Waals surface area (Å²) in [7, 11) is 0. The zero-order valence-electron chi connectivity index (χ0n) is 12.4. The SMILES string of the molecule is CCC(=O)Nc1cccc(OC(=O)c2ccc(C)c(I)c2)c1. The largest absolute Gasteiger partial charge is 0.423 e. The molecule has 2 rings (SSSR count). The Balaban J connectivity index is 2.12. The highest BCUT2D eigenvalue weighted by molar-refractivity contribution is 14.1. The van der Waals surface area contributed by atoms with Crippen molar-refractivity contribution in [3.05, 3.63) is 57.2 Å². The van der Waals surface area contributed by atoms with Gasteiger partial charge in [0.25, 0.3) is 0 Å². The zero-order valence-corrected chi connectivity index (χ0v) is 14.5. The Morgan fingerprint density at radius 1 is 1.18 bits per heavy atom. The molecular formula is C17H16INO3. The van der Waals surface area contributed by atoms with Crippen LogP contribution >= 0.6 is 22.6 Å². The van der Waals surface area contributed by atoms with Crippen LogP contribution < -0.4 is 10.1 Å². The van der Waals surface area contributed by atoms with Crippen LogP contribution in [0.4, 0.5) is 5.69 Å². The topological polar surface area (TPSA) is 55.4 Å². The fraction of sp³-hybridized carbons (Fsp3) is 0.176. The average Bonchev–Trinajstić information content (AvgIpc) is 2.50. The van der Waals surface area contributed by atoms with Crippen LogP contribution in [0.2, 0.25) is 0 Å². The van der Waals surface area contributed by atoms with Crippen molar-refractivity contribution in [3.8, 4) is 5.75 Å². The quantitative estimate of drug-likeness (QED) is 0.469. The number of benzene rings is 2. The standard InChI is InChI=1S/C17H16INO3/c1-3-16(20)19-13-5-4-6-14(10-13)22-17(21)12-8-7-11(2)15(18)9-12/h4-10H,3H2,1-2H3,(H,19,20). The number of anilines is 1. The molecule has 0 fully saturated rings. The Kier molecular flexibility index (Phi) is 5.54. The van der Waals surface area contributed by atoms with Crippen molar-refractivity contribution in [2.75, 3.05) is 5.32 Å². The monoisotopic (exact) mass is 409 g/mol. The molecular weight excluding hydrogens is 393 g/mol. The van der Waals surface area contributed by atoms with Gasteiger partial charge in [0.05, 0.1) is 5.56 Å². The third-order valence-electron chi connectivity index (χ3n) is 3.06. The number of carbonyl (C=O) groups is 2. The van der Waals surface area contributed by atoms with Crippen LogP contribution in [0.15, 0.2) is 42.5 Å². The molecule has 4 nitrogen and oxygen atoms in total. The molecule has 2 aromatic carbocycles. The smallest absolute Gasteiger partial charge is 0.343 e. The van der Waals surface area contributed by atoms with Crippen LogP contribution in [0.25, 0.3) is 0 Å². The summed E-state index contributed by atoms with van der Waals surface area (Å²) in [6.07, 6.45) is 0.395. The predicted molar refractivity (Wildman–Crippen MR) is 94.2 cm³/mol. The minimum atomic E-state index is -0.420. The van der Waals surface area contributed by atoms with Gasteiger partial charge in [-0.05, 0) is 59.3 Å². The summed E-state index contributed by atoms with van der Waals surface area (Å²) in [5.74, 6) is -0.108. The lowest BCUT2D eigenvalue weighted by molar-refractivity contribution is -0.115. The van der Waals surface area contributed by atoms with Crippen LogP contribution in [0.1, 0.15) is 29.3 Å². The number of halogens is 1. The van der Waals surface area contributed by atoms with Crippen molar-refractivity contribution in [2.45, 2.75) is 20.3 Å². The molecule has 0 aliphatic heterocycles. The van der Waals surface area contributed by atoms with Crippen molar-refractivity contribution in [1.82, 2.24) is 0 Å². The van der Waals surface area contributed by atoms with E-state index in [4.69, 9.17) is 4.74 Å². The second kappa shape index (κ2) is 7.40. The first-order chi connectivity index (χ1) is 10.5. The summed E-state index contributed by atoms with van der Waals surface area (Å²) in [4.78, 5) is 23.5. The lowest BCUT2D eigenvalue weighted by Crippen LogP contribution is -2.11. The Morgan fingerprint density at radius 2 is 1.95 bits per heavy atom. The Hall–Kier alpha value is -1.89. The van der Waals surface area contributed by atoms with Crippen LogP contribution in [-0.4, -0.2) is 11.9 Å². The Morgan fingerprint density at radius 3 is 2.64 bits per heavy atom. The van der Waals surface area contributed by atoms with Gasteiger partial charge in [-0.25, -0.2) is 4.79 Å². The average molecular weight is 409 g/mol. The number of hydrogen-bond donors (Lipinski definition) is 1. The molecule has 0 aliphatic rings. The van der Waals surface area contributed by atoms with Gasteiger partial charge in [-0.1, -0.05) is 19.1 Å². The summed E-state index contributed by atoms with van der Waals surface area (Å²) in [6, 6.07) is 12.2. The van der Waals surface area contributed by atoms with Gasteiger partial charge in [0.1, 0.15) is 5.75 Å². The molecule has 0 spiro atoms. The van der Waals surface area contributed by atoms with E-state index in [0.29, 0.717) is 23.4 Å². The molecule has 0 saturated carbocycles. The first-order valence-electron chi connectivity index (χ1n) is 6.88. The highest BCUT2D eigenvalue weighted by Gasteiger charge is 2.10. The Bertz CT molecular complexity index is 713. The zero-order chi connectivity index (χ0) is 16.1. The van der Waals surface area contributed by atoms with Crippen molar-refractivity contribution in [3.63, 3.8) is 0 Å². The van der Waals surface area contributed by atoms with E-state index < -0.39 is 5.97 Å². The van der Waals surface area contributed by atoms with E-state index in [-0.39, 0.29) is 5.91 Å². The molecule has 0 aliphatic carbocycles. The molecule has 0 atom stereocenters. The molecule has 0 radical (unpaired) electrons. The van der Waals surface area contributed by atoms with Crippen molar-refractivity contribution >= 4 is 40.2 Å². The van der Waals surface area contributed by atoms with E-state index in [2.05, 4.69) is 27.9 Å². The van der Waals surface area contributed by atoms with Crippen molar-refractivity contribution in [1.29, 1.82) is 0 Å². The molecule has 2 aromatic rings. The molecule has 114 valence electrons. The molecule has 0 heterocycles. The van der Waals surface area contributed by atoms with Crippen LogP contribution in [0.3, 0.4) is 0 Å². The minimum absolute atomic E-state index is 0.0865. The molecule has 0 unspecified atom stereocenters. The van der Waals surface area contributed by atoms with Gasteiger partial charge in [-0.15, -0.1) is 0 Å². The van der Waals surface area contributed by atoms with E-state index in [1.165, 1.54) is 0 Å². The highest BCUT2D eigenvalue weighted by atomic mass is 127. The first-order valence-corrected chi connectivity index (χ1v) is 7.95. The molecule has 1 amide bonds. The maximum Gasteiger partial charge on any atom is 0.343 e. The van der Waals surface area contributed by atoms with E-state index in [1.807, 2.05) is 13.0 Å². The lowest BCUT2D eigenvalue weighted by atomic mass is 10.1. The maximum absolute atomic E-state index is 12.2. The molecule has 0 bridgehead atoms. The van der Waals surface area contributed by atoms with Crippen LogP contribution in [0.5, 0.6) is 5.75 Å². The maximum atomic E-state index is 12.2. The normalized spacial score (nSPS) is 10.1. The number of amides is 1. The predicted octanol–water partition coefficient (Wildman–Crippen LogP) is 4.17. The van der Waals surface area contributed by atoms with Gasteiger partial charge in [0, 0.05) is 21.7 Å². The van der Waals surface area contributed by atoms with Crippen molar-refractivity contribution < 1.29 is 14.3 Å². The fourth-order valence-corrected chi connectivity index (χ4v) is 2.29. The lowest BCUT2D eigenvalue weighted by Gasteiger charge is -2.08.